The first kappa shape index (κ1) is 20.4. The maximum absolute atomic E-state index is 15.0. The molecule has 3 aromatic rings. The molecule has 4 fully saturated rings. The molecule has 1 saturated heterocycles. The Morgan fingerprint density at radius 1 is 1.42 bits per heavy atom. The van der Waals surface area contributed by atoms with Crippen LogP contribution >= 0.6 is 0 Å². The summed E-state index contributed by atoms with van der Waals surface area (Å²) in [5.74, 6) is 1.66. The number of carbonyl (C=O) groups excluding carboxylic acids is 1. The number of hydrogen-bond acceptors (Lipinski definition) is 8. The lowest BCUT2D eigenvalue weighted by Crippen LogP contribution is -2.68. The lowest BCUT2D eigenvalue weighted by molar-refractivity contribution is -0.0528. The summed E-state index contributed by atoms with van der Waals surface area (Å²) < 4.78 is 32.8. The molecule has 11 nitrogen and oxygen atoms in total. The number of halogens is 1. The molecular weight excluding hydrogens is 433 g/mol. The van der Waals surface area contributed by atoms with E-state index in [9.17, 15) is 4.79 Å². The number of nitrogens with zero attached hydrogens (tertiary/aromatic N) is 4. The molecule has 12 heteroatoms. The summed E-state index contributed by atoms with van der Waals surface area (Å²) in [5.41, 5.74) is 1.79. The molecule has 2 bridgehead atoms. The van der Waals surface area contributed by atoms with Crippen molar-refractivity contribution in [3.8, 4) is 0 Å². The third-order valence-corrected chi connectivity index (χ3v) is 6.62. The number of H-pyrrole nitrogens is 1. The third kappa shape index (κ3) is 3.59. The van der Waals surface area contributed by atoms with E-state index in [1.165, 1.54) is 0 Å². The molecular formula is C21H24FN7O4. The van der Waals surface area contributed by atoms with Crippen molar-refractivity contribution in [1.29, 1.82) is 0 Å². The van der Waals surface area contributed by atoms with E-state index in [0.717, 1.165) is 30.9 Å². The zero-order chi connectivity index (χ0) is 22.6. The van der Waals surface area contributed by atoms with Crippen molar-refractivity contribution < 1.29 is 23.4 Å². The lowest BCUT2D eigenvalue weighted by atomic mass is 9.50. The van der Waals surface area contributed by atoms with E-state index in [1.807, 2.05) is 6.20 Å². The quantitative estimate of drug-likeness (QED) is 0.494. The van der Waals surface area contributed by atoms with Crippen LogP contribution in [-0.4, -0.2) is 62.2 Å². The smallest absolute Gasteiger partial charge is 0.408 e. The van der Waals surface area contributed by atoms with Crippen LogP contribution < -0.4 is 10.6 Å². The number of carbonyl (C=O) groups is 1. The molecule has 3 aliphatic carbocycles. The van der Waals surface area contributed by atoms with Gasteiger partial charge in [-0.15, -0.1) is 0 Å². The summed E-state index contributed by atoms with van der Waals surface area (Å²) in [7, 11) is 1.61. The number of ether oxygens (including phenoxy) is 3. The molecule has 1 aliphatic heterocycles. The second-order valence-corrected chi connectivity index (χ2v) is 9.02. The maximum Gasteiger partial charge on any atom is 0.408 e. The van der Waals surface area contributed by atoms with Crippen LogP contribution in [-0.2, 0) is 20.8 Å². The average molecular weight is 457 g/mol. The largest absolute Gasteiger partial charge is 0.441 e. The number of alkyl halides is 1. The first-order valence-corrected chi connectivity index (χ1v) is 10.9. The van der Waals surface area contributed by atoms with E-state index >= 15 is 4.39 Å². The minimum atomic E-state index is -1.51. The van der Waals surface area contributed by atoms with Crippen molar-refractivity contribution in [2.45, 2.75) is 49.8 Å². The highest BCUT2D eigenvalue weighted by Gasteiger charge is 2.58. The standard InChI is InChI=1S/C21H24FN7O4/c1-31-9-12-8-29-16(24-12)2-3-23-19(29)25-15-4-13(27-28-15)18-17(22)14(10-32-18)33-20(30)26-21-5-11(6-21)7-21/h2-4,8,11,14,17-18H,5-7,9-10H2,1H3,(H,26,30)(H2,23,25,27,28). The number of hydrogen-bond donors (Lipinski definition) is 3. The molecule has 3 atom stereocenters. The molecule has 0 aromatic carbocycles. The average Bonchev–Trinajstić information content (AvgIpc) is 3.44. The van der Waals surface area contributed by atoms with Gasteiger partial charge < -0.3 is 24.8 Å². The molecule has 0 radical (unpaired) electrons. The zero-order valence-corrected chi connectivity index (χ0v) is 18.0. The van der Waals surface area contributed by atoms with Gasteiger partial charge in [0, 0.05) is 31.1 Å². The second-order valence-electron chi connectivity index (χ2n) is 9.02. The molecule has 7 rings (SSSR count). The fraction of sp³-hybridized carbons (Fsp3) is 0.524. The number of nitrogens with one attached hydrogen (secondary N) is 3. The number of imidazole rings is 1. The normalized spacial score (nSPS) is 30.0. The Balaban J connectivity index is 1.11. The van der Waals surface area contributed by atoms with E-state index in [2.05, 4.69) is 30.8 Å². The van der Waals surface area contributed by atoms with E-state index in [0.29, 0.717) is 29.7 Å². The van der Waals surface area contributed by atoms with Gasteiger partial charge in [-0.05, 0) is 31.2 Å². The highest BCUT2D eigenvalue weighted by atomic mass is 19.1. The first-order valence-electron chi connectivity index (χ1n) is 10.9. The lowest BCUT2D eigenvalue weighted by Gasteiger charge is -2.61. The van der Waals surface area contributed by atoms with Gasteiger partial charge in [0.25, 0.3) is 0 Å². The van der Waals surface area contributed by atoms with Crippen molar-refractivity contribution in [2.24, 2.45) is 5.92 Å². The number of anilines is 2. The first-order chi connectivity index (χ1) is 16.0. The zero-order valence-electron chi connectivity index (χ0n) is 18.0. The maximum atomic E-state index is 15.0. The summed E-state index contributed by atoms with van der Waals surface area (Å²) in [6.07, 6.45) is 2.45. The number of rotatable bonds is 7. The predicted octanol–water partition coefficient (Wildman–Crippen LogP) is 2.40. The Bertz CT molecular complexity index is 1180. The van der Waals surface area contributed by atoms with Gasteiger partial charge in [0.1, 0.15) is 11.8 Å². The number of methoxy groups -OCH3 is 1. The van der Waals surface area contributed by atoms with E-state index < -0.39 is 24.5 Å². The molecule has 1 amide bonds. The molecule has 33 heavy (non-hydrogen) atoms. The highest BCUT2D eigenvalue weighted by Crippen LogP contribution is 2.57. The van der Waals surface area contributed by atoms with E-state index in [4.69, 9.17) is 14.2 Å². The Hall–Kier alpha value is -3.25. The molecule has 174 valence electrons. The number of amides is 1. The highest BCUT2D eigenvalue weighted by molar-refractivity contribution is 5.69. The van der Waals surface area contributed by atoms with Gasteiger partial charge in [-0.1, -0.05) is 0 Å². The van der Waals surface area contributed by atoms with Crippen molar-refractivity contribution in [3.63, 3.8) is 0 Å². The van der Waals surface area contributed by atoms with Crippen LogP contribution in [0.1, 0.15) is 36.8 Å². The number of aromatic amines is 1. The Morgan fingerprint density at radius 3 is 3.03 bits per heavy atom. The Morgan fingerprint density at radius 2 is 2.27 bits per heavy atom. The van der Waals surface area contributed by atoms with Gasteiger partial charge in [-0.3, -0.25) is 9.50 Å². The van der Waals surface area contributed by atoms with Crippen molar-refractivity contribution in [3.05, 3.63) is 35.9 Å². The van der Waals surface area contributed by atoms with Gasteiger partial charge in [-0.2, -0.15) is 5.10 Å². The minimum Gasteiger partial charge on any atom is -0.441 e. The minimum absolute atomic E-state index is 0.0190. The van der Waals surface area contributed by atoms with Crippen molar-refractivity contribution in [1.82, 2.24) is 29.9 Å². The fourth-order valence-corrected chi connectivity index (χ4v) is 4.89. The molecule has 3 N–H and O–H groups in total. The Kier molecular flexibility index (Phi) is 4.73. The van der Waals surface area contributed by atoms with Crippen LogP contribution in [0.2, 0.25) is 0 Å². The number of aromatic nitrogens is 5. The SMILES string of the molecule is COCc1cn2c(Nc3cc(C4OCC(OC(=O)NC56CC(C5)C6)C4F)[nH]n3)nccc2n1. The molecule has 4 aliphatic rings. The van der Waals surface area contributed by atoms with Crippen molar-refractivity contribution >= 4 is 23.5 Å². The number of fused-ring (bicyclic) bond motifs is 1. The van der Waals surface area contributed by atoms with Gasteiger partial charge in [-0.25, -0.2) is 19.2 Å². The predicted molar refractivity (Wildman–Crippen MR) is 113 cm³/mol. The Labute approximate surface area is 188 Å². The van der Waals surface area contributed by atoms with Gasteiger partial charge in [0.15, 0.2) is 18.1 Å². The van der Waals surface area contributed by atoms with Crippen LogP contribution in [0, 0.1) is 5.92 Å². The summed E-state index contributed by atoms with van der Waals surface area (Å²) >= 11 is 0. The van der Waals surface area contributed by atoms with Crippen LogP contribution in [0.4, 0.5) is 21.0 Å². The van der Waals surface area contributed by atoms with Gasteiger partial charge in [0.2, 0.25) is 5.95 Å². The molecule has 3 aromatic heterocycles. The molecule has 3 saturated carbocycles. The second kappa shape index (κ2) is 7.66. The third-order valence-electron chi connectivity index (χ3n) is 6.62. The van der Waals surface area contributed by atoms with Crippen LogP contribution in [0.15, 0.2) is 24.5 Å². The van der Waals surface area contributed by atoms with E-state index in [-0.39, 0.29) is 12.1 Å². The molecule has 4 heterocycles. The number of alkyl carbamates (subject to hydrolysis) is 1. The topological polar surface area (TPSA) is 128 Å². The van der Waals surface area contributed by atoms with E-state index in [1.54, 1.807) is 29.8 Å². The molecule has 3 unspecified atom stereocenters. The summed E-state index contributed by atoms with van der Waals surface area (Å²) in [6, 6.07) is 3.43. The monoisotopic (exact) mass is 457 g/mol. The van der Waals surface area contributed by atoms with Crippen LogP contribution in [0.25, 0.3) is 5.65 Å². The van der Waals surface area contributed by atoms with Gasteiger partial charge in [0.05, 0.1) is 24.6 Å². The summed E-state index contributed by atoms with van der Waals surface area (Å²) in [6.45, 7) is 0.363. The summed E-state index contributed by atoms with van der Waals surface area (Å²) in [4.78, 5) is 21.0. The van der Waals surface area contributed by atoms with Crippen LogP contribution in [0.5, 0.6) is 0 Å². The van der Waals surface area contributed by atoms with Crippen LogP contribution in [0.3, 0.4) is 0 Å². The molecule has 0 spiro atoms. The summed E-state index contributed by atoms with van der Waals surface area (Å²) in [5, 5.41) is 13.0. The van der Waals surface area contributed by atoms with Crippen molar-refractivity contribution in [2.75, 3.05) is 19.0 Å². The van der Waals surface area contributed by atoms with Gasteiger partial charge >= 0.3 is 6.09 Å². The fourth-order valence-electron chi connectivity index (χ4n) is 4.89.